The number of sulfonamides is 1. The molecule has 0 radical (unpaired) electrons. The zero-order chi connectivity index (χ0) is 15.6. The molecule has 0 aromatic heterocycles. The smallest absolute Gasteiger partial charge is 0.240 e. The van der Waals surface area contributed by atoms with Gasteiger partial charge in [-0.25, -0.2) is 21.9 Å². The minimum Gasteiger partial charge on any atom is -0.389 e. The van der Waals surface area contributed by atoms with Gasteiger partial charge in [-0.05, 0) is 37.5 Å². The first-order chi connectivity index (χ1) is 9.03. The van der Waals surface area contributed by atoms with Crippen LogP contribution in [0.4, 0.5) is 8.78 Å². The monoisotopic (exact) mass is 307 g/mol. The Morgan fingerprint density at radius 2 is 1.90 bits per heavy atom. The van der Waals surface area contributed by atoms with Crippen LogP contribution in [0.25, 0.3) is 0 Å². The third-order valence-corrected chi connectivity index (χ3v) is 4.09. The Hall–Kier alpha value is -1.05. The van der Waals surface area contributed by atoms with E-state index in [1.54, 1.807) is 0 Å². The molecule has 1 aromatic carbocycles. The number of benzene rings is 1. The Labute approximate surface area is 117 Å². The standard InChI is InChI=1S/C13H19F2NO3S/c1-9(2)7-13(3,17)8-16-20(18,19)10-4-5-11(14)12(15)6-10/h4-6,9,16-17H,7-8H2,1-3H3. The quantitative estimate of drug-likeness (QED) is 0.845. The van der Waals surface area contributed by atoms with Crippen molar-refractivity contribution in [3.8, 4) is 0 Å². The lowest BCUT2D eigenvalue weighted by Crippen LogP contribution is -2.41. The molecule has 0 saturated carbocycles. The fourth-order valence-electron chi connectivity index (χ4n) is 1.93. The van der Waals surface area contributed by atoms with Crippen molar-refractivity contribution in [2.45, 2.75) is 37.7 Å². The summed E-state index contributed by atoms with van der Waals surface area (Å²) in [4.78, 5) is -0.378. The maximum absolute atomic E-state index is 13.0. The highest BCUT2D eigenvalue weighted by Gasteiger charge is 2.25. The Kier molecular flexibility index (Phi) is 5.23. The average Bonchev–Trinajstić information content (AvgIpc) is 2.29. The molecule has 7 heteroatoms. The summed E-state index contributed by atoms with van der Waals surface area (Å²) in [6, 6.07) is 2.32. The van der Waals surface area contributed by atoms with E-state index >= 15 is 0 Å². The second-order valence-corrected chi connectivity index (χ2v) is 7.26. The minimum atomic E-state index is -3.99. The topological polar surface area (TPSA) is 66.4 Å². The number of rotatable bonds is 6. The largest absolute Gasteiger partial charge is 0.389 e. The number of aliphatic hydroxyl groups is 1. The lowest BCUT2D eigenvalue weighted by atomic mass is 9.95. The van der Waals surface area contributed by atoms with Crippen LogP contribution < -0.4 is 4.72 Å². The van der Waals surface area contributed by atoms with Gasteiger partial charge in [-0.1, -0.05) is 13.8 Å². The first-order valence-electron chi connectivity index (χ1n) is 6.20. The summed E-state index contributed by atoms with van der Waals surface area (Å²) in [5.41, 5.74) is -1.21. The third-order valence-electron chi connectivity index (χ3n) is 2.69. The highest BCUT2D eigenvalue weighted by atomic mass is 32.2. The summed E-state index contributed by atoms with van der Waals surface area (Å²) < 4.78 is 51.8. The fraction of sp³-hybridized carbons (Fsp3) is 0.538. The van der Waals surface area contributed by atoms with E-state index in [0.717, 1.165) is 12.1 Å². The van der Waals surface area contributed by atoms with Gasteiger partial charge in [0, 0.05) is 6.54 Å². The summed E-state index contributed by atoms with van der Waals surface area (Å²) in [7, 11) is -3.99. The van der Waals surface area contributed by atoms with Gasteiger partial charge >= 0.3 is 0 Å². The summed E-state index contributed by atoms with van der Waals surface area (Å²) >= 11 is 0. The zero-order valence-corrected chi connectivity index (χ0v) is 12.5. The molecule has 1 atom stereocenters. The van der Waals surface area contributed by atoms with Crippen molar-refractivity contribution in [2.75, 3.05) is 6.54 Å². The van der Waals surface area contributed by atoms with Gasteiger partial charge in [0.1, 0.15) is 0 Å². The predicted octanol–water partition coefficient (Wildman–Crippen LogP) is 2.04. The first kappa shape index (κ1) is 17.0. The van der Waals surface area contributed by atoms with E-state index in [2.05, 4.69) is 4.72 Å². The molecule has 0 heterocycles. The predicted molar refractivity (Wildman–Crippen MR) is 71.6 cm³/mol. The zero-order valence-electron chi connectivity index (χ0n) is 11.7. The summed E-state index contributed by atoms with van der Waals surface area (Å²) in [6.07, 6.45) is 0.410. The van der Waals surface area contributed by atoms with Gasteiger partial charge in [-0.15, -0.1) is 0 Å². The molecule has 1 unspecified atom stereocenters. The molecule has 4 nitrogen and oxygen atoms in total. The summed E-state index contributed by atoms with van der Waals surface area (Å²) in [5.74, 6) is -2.16. The Bertz CT molecular complexity index is 571. The van der Waals surface area contributed by atoms with Crippen LogP contribution in [0.15, 0.2) is 23.1 Å². The normalized spacial score (nSPS) is 15.3. The Balaban J connectivity index is 2.82. The van der Waals surface area contributed by atoms with E-state index in [0.29, 0.717) is 12.5 Å². The lowest BCUT2D eigenvalue weighted by molar-refractivity contribution is 0.0437. The second kappa shape index (κ2) is 6.15. The Morgan fingerprint density at radius 1 is 1.30 bits per heavy atom. The van der Waals surface area contributed by atoms with Crippen molar-refractivity contribution in [3.05, 3.63) is 29.8 Å². The van der Waals surface area contributed by atoms with Crippen LogP contribution in [0.2, 0.25) is 0 Å². The van der Waals surface area contributed by atoms with Crippen molar-refractivity contribution in [3.63, 3.8) is 0 Å². The Morgan fingerprint density at radius 3 is 2.40 bits per heavy atom. The molecular formula is C13H19F2NO3S. The van der Waals surface area contributed by atoms with E-state index in [1.165, 1.54) is 6.92 Å². The van der Waals surface area contributed by atoms with E-state index in [-0.39, 0.29) is 17.4 Å². The molecule has 0 amide bonds. The van der Waals surface area contributed by atoms with Crippen LogP contribution in [0, 0.1) is 17.6 Å². The van der Waals surface area contributed by atoms with Gasteiger partial charge < -0.3 is 5.11 Å². The average molecular weight is 307 g/mol. The van der Waals surface area contributed by atoms with E-state index in [4.69, 9.17) is 0 Å². The highest BCUT2D eigenvalue weighted by Crippen LogP contribution is 2.17. The molecule has 0 bridgehead atoms. The van der Waals surface area contributed by atoms with Crippen molar-refractivity contribution in [1.29, 1.82) is 0 Å². The van der Waals surface area contributed by atoms with Gasteiger partial charge in [0.05, 0.1) is 10.5 Å². The third kappa shape index (κ3) is 4.81. The van der Waals surface area contributed by atoms with Crippen LogP contribution in [-0.2, 0) is 10.0 Å². The molecule has 0 aliphatic heterocycles. The molecule has 0 aliphatic carbocycles. The number of hydrogen-bond acceptors (Lipinski definition) is 3. The fourth-order valence-corrected chi connectivity index (χ4v) is 3.10. The van der Waals surface area contributed by atoms with E-state index in [1.807, 2.05) is 13.8 Å². The number of halogens is 2. The molecule has 1 rings (SSSR count). The summed E-state index contributed by atoms with van der Waals surface area (Å²) in [5, 5.41) is 10.0. The molecule has 20 heavy (non-hydrogen) atoms. The van der Waals surface area contributed by atoms with Crippen molar-refractivity contribution < 1.29 is 22.3 Å². The van der Waals surface area contributed by atoms with Crippen LogP contribution >= 0.6 is 0 Å². The maximum atomic E-state index is 13.0. The molecule has 0 saturated heterocycles. The summed E-state index contributed by atoms with van der Waals surface area (Å²) in [6.45, 7) is 5.11. The van der Waals surface area contributed by atoms with Crippen LogP contribution in [0.3, 0.4) is 0 Å². The second-order valence-electron chi connectivity index (χ2n) is 5.50. The van der Waals surface area contributed by atoms with Crippen LogP contribution in [0.5, 0.6) is 0 Å². The van der Waals surface area contributed by atoms with Gasteiger partial charge in [0.15, 0.2) is 11.6 Å². The van der Waals surface area contributed by atoms with Crippen molar-refractivity contribution >= 4 is 10.0 Å². The molecule has 0 spiro atoms. The van der Waals surface area contributed by atoms with Crippen LogP contribution in [-0.4, -0.2) is 25.7 Å². The van der Waals surface area contributed by atoms with Crippen LogP contribution in [0.1, 0.15) is 27.2 Å². The maximum Gasteiger partial charge on any atom is 0.240 e. The van der Waals surface area contributed by atoms with E-state index in [9.17, 15) is 22.3 Å². The van der Waals surface area contributed by atoms with Gasteiger partial charge in [0.2, 0.25) is 10.0 Å². The van der Waals surface area contributed by atoms with Crippen molar-refractivity contribution in [2.24, 2.45) is 5.92 Å². The van der Waals surface area contributed by atoms with Gasteiger partial charge in [-0.3, -0.25) is 0 Å². The molecule has 114 valence electrons. The molecule has 0 fully saturated rings. The number of hydrogen-bond donors (Lipinski definition) is 2. The van der Waals surface area contributed by atoms with Gasteiger partial charge in [-0.2, -0.15) is 0 Å². The number of nitrogens with one attached hydrogen (secondary N) is 1. The van der Waals surface area contributed by atoms with E-state index < -0.39 is 27.3 Å². The molecule has 1 aromatic rings. The first-order valence-corrected chi connectivity index (χ1v) is 7.69. The SMILES string of the molecule is CC(C)CC(C)(O)CNS(=O)(=O)c1ccc(F)c(F)c1. The lowest BCUT2D eigenvalue weighted by Gasteiger charge is -2.25. The van der Waals surface area contributed by atoms with Crippen molar-refractivity contribution in [1.82, 2.24) is 4.72 Å². The molecule has 2 N–H and O–H groups in total. The molecule has 0 aliphatic rings. The minimum absolute atomic E-state index is 0.192. The molecular weight excluding hydrogens is 288 g/mol. The highest BCUT2D eigenvalue weighted by molar-refractivity contribution is 7.89. The van der Waals surface area contributed by atoms with Gasteiger partial charge in [0.25, 0.3) is 0 Å².